The molecule has 266 valence electrons. The summed E-state index contributed by atoms with van der Waals surface area (Å²) in [7, 11) is 0. The predicted octanol–water partition coefficient (Wildman–Crippen LogP) is 14.5. The molecule has 3 heterocycles. The minimum atomic E-state index is 0.702. The van der Waals surface area contributed by atoms with Crippen LogP contribution in [0.3, 0.4) is 0 Å². The quantitative estimate of drug-likeness (QED) is 0.159. The van der Waals surface area contributed by atoms with Crippen molar-refractivity contribution in [3.63, 3.8) is 0 Å². The van der Waals surface area contributed by atoms with Crippen LogP contribution in [-0.4, -0.2) is 15.0 Å². The van der Waals surface area contributed by atoms with Gasteiger partial charge in [-0.25, -0.2) is 15.0 Å². The van der Waals surface area contributed by atoms with Crippen LogP contribution in [0.25, 0.3) is 109 Å². The van der Waals surface area contributed by atoms with Gasteiger partial charge in [-0.2, -0.15) is 0 Å². The van der Waals surface area contributed by atoms with Crippen molar-refractivity contribution in [3.05, 3.63) is 200 Å². The van der Waals surface area contributed by atoms with E-state index in [1.807, 2.05) is 23.5 Å². The van der Waals surface area contributed by atoms with Crippen LogP contribution >= 0.6 is 11.3 Å². The van der Waals surface area contributed by atoms with E-state index in [2.05, 4.69) is 188 Å². The highest BCUT2D eigenvalue weighted by Gasteiger charge is 2.17. The fraction of sp³-hybridized carbons (Fsp3) is 0. The van der Waals surface area contributed by atoms with Crippen molar-refractivity contribution in [2.75, 3.05) is 0 Å². The summed E-state index contributed by atoms with van der Waals surface area (Å²) >= 11 is 1.85. The highest BCUT2D eigenvalue weighted by molar-refractivity contribution is 7.26. The average Bonchev–Trinajstić information content (AvgIpc) is 3.68. The molecule has 57 heavy (non-hydrogen) atoms. The molecule has 11 aromatic rings. The maximum Gasteiger partial charge on any atom is 0.160 e. The molecule has 4 heteroatoms. The molecule has 0 bridgehead atoms. The van der Waals surface area contributed by atoms with E-state index < -0.39 is 0 Å². The summed E-state index contributed by atoms with van der Waals surface area (Å²) in [5.74, 6) is 0.702. The lowest BCUT2D eigenvalue weighted by Gasteiger charge is -2.12. The van der Waals surface area contributed by atoms with E-state index >= 15 is 0 Å². The molecule has 3 aromatic heterocycles. The lowest BCUT2D eigenvalue weighted by atomic mass is 9.95. The van der Waals surface area contributed by atoms with E-state index in [9.17, 15) is 0 Å². The first-order chi connectivity index (χ1) is 28.2. The molecular weight excluding hydrogens is 711 g/mol. The molecule has 0 radical (unpaired) electrons. The molecule has 3 nitrogen and oxygen atoms in total. The maximum absolute atomic E-state index is 5.20. The number of benzene rings is 8. The van der Waals surface area contributed by atoms with Crippen molar-refractivity contribution in [1.82, 2.24) is 15.0 Å². The van der Waals surface area contributed by atoms with Gasteiger partial charge in [-0.05, 0) is 58.7 Å². The van der Waals surface area contributed by atoms with Crippen LogP contribution in [0.15, 0.2) is 200 Å². The molecule has 0 aliphatic carbocycles. The summed E-state index contributed by atoms with van der Waals surface area (Å²) in [6.45, 7) is 0. The second-order valence-electron chi connectivity index (χ2n) is 14.4. The lowest BCUT2D eigenvalue weighted by Crippen LogP contribution is -1.96. The van der Waals surface area contributed by atoms with Crippen molar-refractivity contribution in [2.24, 2.45) is 0 Å². The van der Waals surface area contributed by atoms with Crippen molar-refractivity contribution in [1.29, 1.82) is 0 Å². The Morgan fingerprint density at radius 1 is 0.298 bits per heavy atom. The van der Waals surface area contributed by atoms with Crippen molar-refractivity contribution < 1.29 is 0 Å². The molecule has 11 rings (SSSR count). The zero-order chi connectivity index (χ0) is 37.7. The summed E-state index contributed by atoms with van der Waals surface area (Å²) in [6.07, 6.45) is 0. The third kappa shape index (κ3) is 5.95. The van der Waals surface area contributed by atoms with Crippen LogP contribution in [0, 0.1) is 0 Å². The summed E-state index contributed by atoms with van der Waals surface area (Å²) in [5.41, 5.74) is 12.6. The molecule has 0 saturated carbocycles. The third-order valence-electron chi connectivity index (χ3n) is 10.9. The van der Waals surface area contributed by atoms with Crippen LogP contribution < -0.4 is 0 Å². The number of aromatic nitrogens is 3. The van der Waals surface area contributed by atoms with Gasteiger partial charge in [0.2, 0.25) is 0 Å². The number of hydrogen-bond donors (Lipinski definition) is 0. The third-order valence-corrected chi connectivity index (χ3v) is 12.0. The van der Waals surface area contributed by atoms with Crippen molar-refractivity contribution in [3.8, 4) is 67.4 Å². The number of thiophene rings is 1. The molecule has 0 spiro atoms. The van der Waals surface area contributed by atoms with Gasteiger partial charge in [-0.3, -0.25) is 0 Å². The smallest absolute Gasteiger partial charge is 0.160 e. The molecule has 0 fully saturated rings. The predicted molar refractivity (Wildman–Crippen MR) is 240 cm³/mol. The largest absolute Gasteiger partial charge is 0.247 e. The highest BCUT2D eigenvalue weighted by Crippen LogP contribution is 2.44. The molecule has 0 unspecified atom stereocenters. The monoisotopic (exact) mass is 743 g/mol. The maximum atomic E-state index is 5.20. The Hall–Kier alpha value is -7.27. The van der Waals surface area contributed by atoms with Crippen LogP contribution in [0.2, 0.25) is 0 Å². The zero-order valence-electron chi connectivity index (χ0n) is 30.8. The zero-order valence-corrected chi connectivity index (χ0v) is 31.6. The fourth-order valence-electron chi connectivity index (χ4n) is 8.09. The summed E-state index contributed by atoms with van der Waals surface area (Å²) in [4.78, 5) is 15.5. The molecule has 0 saturated heterocycles. The van der Waals surface area contributed by atoms with Crippen LogP contribution in [-0.2, 0) is 0 Å². The molecule has 0 N–H and O–H groups in total. The molecular formula is C53H33N3S. The first kappa shape index (κ1) is 33.1. The van der Waals surface area contributed by atoms with Gasteiger partial charge in [-0.1, -0.05) is 164 Å². The topological polar surface area (TPSA) is 38.7 Å². The summed E-state index contributed by atoms with van der Waals surface area (Å²) in [5, 5.41) is 6.17. The Morgan fingerprint density at radius 3 is 1.60 bits per heavy atom. The van der Waals surface area contributed by atoms with Crippen LogP contribution in [0.5, 0.6) is 0 Å². The number of rotatable bonds is 6. The second-order valence-corrected chi connectivity index (χ2v) is 15.5. The molecule has 0 aliphatic heterocycles. The van der Waals surface area contributed by atoms with Gasteiger partial charge in [0.25, 0.3) is 0 Å². The Balaban J connectivity index is 1.02. The number of fused-ring (bicyclic) bond motifs is 7. The fourth-order valence-corrected chi connectivity index (χ4v) is 9.18. The summed E-state index contributed by atoms with van der Waals surface area (Å²) < 4.78 is 2.56. The van der Waals surface area contributed by atoms with E-state index in [0.717, 1.165) is 56.0 Å². The first-order valence-electron chi connectivity index (χ1n) is 19.2. The van der Waals surface area contributed by atoms with Gasteiger partial charge in [0.05, 0.1) is 22.6 Å². The number of pyridine rings is 1. The molecule has 0 aliphatic rings. The summed E-state index contributed by atoms with van der Waals surface area (Å²) in [6, 6.07) is 70.8. The minimum absolute atomic E-state index is 0.702. The lowest BCUT2D eigenvalue weighted by molar-refractivity contribution is 1.18. The Morgan fingerprint density at radius 2 is 0.842 bits per heavy atom. The van der Waals surface area contributed by atoms with E-state index in [1.165, 1.54) is 47.5 Å². The van der Waals surface area contributed by atoms with Gasteiger partial charge in [-0.15, -0.1) is 11.3 Å². The number of para-hydroxylation sites is 1. The van der Waals surface area contributed by atoms with E-state index in [-0.39, 0.29) is 0 Å². The van der Waals surface area contributed by atoms with E-state index in [1.54, 1.807) is 0 Å². The van der Waals surface area contributed by atoms with Gasteiger partial charge >= 0.3 is 0 Å². The Kier molecular flexibility index (Phi) is 8.01. The number of nitrogens with zero attached hydrogens (tertiary/aromatic N) is 3. The van der Waals surface area contributed by atoms with Crippen molar-refractivity contribution in [2.45, 2.75) is 0 Å². The molecule has 0 atom stereocenters. The Labute approximate surface area is 334 Å². The van der Waals surface area contributed by atoms with Gasteiger partial charge in [0, 0.05) is 58.6 Å². The second kappa shape index (κ2) is 13.8. The van der Waals surface area contributed by atoms with Crippen LogP contribution in [0.1, 0.15) is 0 Å². The standard InChI is InChI=1S/C53H33N3S/c1-4-13-34(14-5-1)39-19-12-20-41(31-39)53-55-46(36-15-6-2-7-16-36)33-47(56-53)37-25-23-35(24-26-37)40-27-29-48-44(32-40)51-49(57-48)30-28-43-50(51)42-21-10-11-22-45(42)54-52(43)38-17-8-3-9-18-38/h1-33H. The highest BCUT2D eigenvalue weighted by atomic mass is 32.1. The minimum Gasteiger partial charge on any atom is -0.247 e. The molecule has 0 amide bonds. The van der Waals surface area contributed by atoms with Gasteiger partial charge in [0.15, 0.2) is 5.82 Å². The van der Waals surface area contributed by atoms with Gasteiger partial charge in [0.1, 0.15) is 0 Å². The SMILES string of the molecule is c1ccc(-c2cccc(-c3nc(-c4ccccc4)cc(-c4ccc(-c5ccc6sc7ccc8c(-c9ccccc9)nc9ccccc9c8c7c6c5)cc4)n3)c2)cc1. The average molecular weight is 744 g/mol. The van der Waals surface area contributed by atoms with Crippen LogP contribution in [0.4, 0.5) is 0 Å². The Bertz CT molecular complexity index is 3260. The van der Waals surface area contributed by atoms with Gasteiger partial charge < -0.3 is 0 Å². The number of hydrogen-bond acceptors (Lipinski definition) is 4. The van der Waals surface area contributed by atoms with Crippen molar-refractivity contribution >= 4 is 53.2 Å². The normalized spacial score (nSPS) is 11.5. The van der Waals surface area contributed by atoms with E-state index in [0.29, 0.717) is 5.82 Å². The molecule has 8 aromatic carbocycles. The first-order valence-corrected chi connectivity index (χ1v) is 20.0. The van der Waals surface area contributed by atoms with E-state index in [4.69, 9.17) is 15.0 Å².